The average molecular weight is 204 g/mol. The lowest BCUT2D eigenvalue weighted by atomic mass is 10.0. The second kappa shape index (κ2) is 3.74. The molecule has 0 radical (unpaired) electrons. The van der Waals surface area contributed by atoms with E-state index in [2.05, 4.69) is 5.16 Å². The predicted molar refractivity (Wildman–Crippen MR) is 57.0 cm³/mol. The van der Waals surface area contributed by atoms with Crippen LogP contribution in [0.1, 0.15) is 18.6 Å². The molecule has 4 heteroatoms. The highest BCUT2D eigenvalue weighted by molar-refractivity contribution is 5.71. The zero-order valence-electron chi connectivity index (χ0n) is 8.34. The first-order valence-electron chi connectivity index (χ1n) is 4.67. The summed E-state index contributed by atoms with van der Waals surface area (Å²) in [5.74, 6) is 0.305. The lowest BCUT2D eigenvalue weighted by Crippen LogP contribution is -1.90. The lowest BCUT2D eigenvalue weighted by molar-refractivity contribution is 0.199. The molecule has 2 aromatic rings. The maximum atomic E-state index is 9.34. The van der Waals surface area contributed by atoms with Crippen molar-refractivity contribution in [2.75, 3.05) is 5.73 Å². The van der Waals surface area contributed by atoms with Crippen LogP contribution in [0.3, 0.4) is 0 Å². The molecule has 78 valence electrons. The number of aliphatic hydroxyl groups is 1. The molecule has 1 heterocycles. The molecule has 0 bridgehead atoms. The zero-order valence-corrected chi connectivity index (χ0v) is 8.34. The lowest BCUT2D eigenvalue weighted by Gasteiger charge is -2.04. The summed E-state index contributed by atoms with van der Waals surface area (Å²) in [6.45, 7) is 1.72. The molecule has 1 unspecified atom stereocenters. The third-order valence-corrected chi connectivity index (χ3v) is 2.30. The van der Waals surface area contributed by atoms with Crippen molar-refractivity contribution in [3.8, 4) is 11.1 Å². The fourth-order valence-corrected chi connectivity index (χ4v) is 1.41. The third kappa shape index (κ3) is 1.85. The minimum Gasteiger partial charge on any atom is -0.389 e. The van der Waals surface area contributed by atoms with Crippen molar-refractivity contribution in [2.45, 2.75) is 13.0 Å². The molecule has 0 saturated carbocycles. The van der Waals surface area contributed by atoms with Crippen LogP contribution in [0.2, 0.25) is 0 Å². The molecule has 1 aromatic carbocycles. The van der Waals surface area contributed by atoms with Crippen molar-refractivity contribution in [2.24, 2.45) is 0 Å². The van der Waals surface area contributed by atoms with Crippen LogP contribution >= 0.6 is 0 Å². The van der Waals surface area contributed by atoms with Gasteiger partial charge in [0, 0.05) is 0 Å². The Morgan fingerprint density at radius 3 is 2.47 bits per heavy atom. The second-order valence-electron chi connectivity index (χ2n) is 3.40. The molecule has 4 nitrogen and oxygen atoms in total. The standard InChI is InChI=1S/C11H12N2O2/c1-7(14)8-2-4-9(5-3-8)10-6-13-15-11(10)12/h2-7,14H,12H2,1H3. The number of rotatable bonds is 2. The maximum Gasteiger partial charge on any atom is 0.229 e. The van der Waals surface area contributed by atoms with Crippen LogP contribution in [0, 0.1) is 0 Å². The average Bonchev–Trinajstić information content (AvgIpc) is 2.65. The topological polar surface area (TPSA) is 72.3 Å². The van der Waals surface area contributed by atoms with Gasteiger partial charge < -0.3 is 15.4 Å². The molecule has 15 heavy (non-hydrogen) atoms. The van der Waals surface area contributed by atoms with Gasteiger partial charge in [-0.25, -0.2) is 0 Å². The highest BCUT2D eigenvalue weighted by atomic mass is 16.5. The molecule has 0 aliphatic carbocycles. The second-order valence-corrected chi connectivity index (χ2v) is 3.40. The van der Waals surface area contributed by atoms with Gasteiger partial charge in [0.15, 0.2) is 0 Å². The van der Waals surface area contributed by atoms with Gasteiger partial charge in [-0.2, -0.15) is 0 Å². The molecule has 3 N–H and O–H groups in total. The van der Waals surface area contributed by atoms with Gasteiger partial charge in [0.1, 0.15) is 0 Å². The summed E-state index contributed by atoms with van der Waals surface area (Å²) in [6.07, 6.45) is 1.12. The largest absolute Gasteiger partial charge is 0.389 e. The summed E-state index contributed by atoms with van der Waals surface area (Å²) in [4.78, 5) is 0. The number of anilines is 1. The van der Waals surface area contributed by atoms with Crippen molar-refractivity contribution in [1.29, 1.82) is 0 Å². The Morgan fingerprint density at radius 1 is 1.33 bits per heavy atom. The van der Waals surface area contributed by atoms with Crippen molar-refractivity contribution in [3.63, 3.8) is 0 Å². The van der Waals surface area contributed by atoms with Gasteiger partial charge in [-0.15, -0.1) is 0 Å². The Morgan fingerprint density at radius 2 is 2.00 bits per heavy atom. The monoisotopic (exact) mass is 204 g/mol. The van der Waals surface area contributed by atoms with Crippen LogP contribution in [-0.2, 0) is 0 Å². The molecular formula is C11H12N2O2. The summed E-state index contributed by atoms with van der Waals surface area (Å²) in [5.41, 5.74) is 8.16. The number of nitrogen functional groups attached to an aromatic ring is 1. The highest BCUT2D eigenvalue weighted by Crippen LogP contribution is 2.26. The van der Waals surface area contributed by atoms with Gasteiger partial charge >= 0.3 is 0 Å². The number of nitrogens with zero attached hydrogens (tertiary/aromatic N) is 1. The predicted octanol–water partition coefficient (Wildman–Crippen LogP) is 1.98. The minimum absolute atomic E-state index is 0.305. The van der Waals surface area contributed by atoms with E-state index in [-0.39, 0.29) is 0 Å². The Labute approximate surface area is 87.3 Å². The number of hydrogen-bond acceptors (Lipinski definition) is 4. The normalized spacial score (nSPS) is 12.7. The van der Waals surface area contributed by atoms with Crippen LogP contribution < -0.4 is 5.73 Å². The Kier molecular flexibility index (Phi) is 2.43. The fourth-order valence-electron chi connectivity index (χ4n) is 1.41. The van der Waals surface area contributed by atoms with E-state index < -0.39 is 6.10 Å². The molecule has 0 saturated heterocycles. The van der Waals surface area contributed by atoms with Gasteiger partial charge in [-0.1, -0.05) is 29.4 Å². The first-order valence-corrected chi connectivity index (χ1v) is 4.67. The van der Waals surface area contributed by atoms with E-state index >= 15 is 0 Å². The first kappa shape index (κ1) is 9.73. The number of aliphatic hydroxyl groups excluding tert-OH is 1. The van der Waals surface area contributed by atoms with Crippen molar-refractivity contribution >= 4 is 5.88 Å². The zero-order chi connectivity index (χ0) is 10.8. The van der Waals surface area contributed by atoms with Crippen LogP contribution in [0.5, 0.6) is 0 Å². The molecule has 0 amide bonds. The van der Waals surface area contributed by atoms with Crippen LogP contribution in [0.4, 0.5) is 5.88 Å². The van der Waals surface area contributed by atoms with E-state index in [0.717, 1.165) is 16.7 Å². The smallest absolute Gasteiger partial charge is 0.229 e. The maximum absolute atomic E-state index is 9.34. The number of aromatic nitrogens is 1. The molecule has 0 aliphatic heterocycles. The van der Waals surface area contributed by atoms with Gasteiger partial charge in [-0.3, -0.25) is 0 Å². The SMILES string of the molecule is CC(O)c1ccc(-c2cnoc2N)cc1. The van der Waals surface area contributed by atoms with Crippen molar-refractivity contribution in [3.05, 3.63) is 36.0 Å². The van der Waals surface area contributed by atoms with Crippen molar-refractivity contribution in [1.82, 2.24) is 5.16 Å². The summed E-state index contributed by atoms with van der Waals surface area (Å²) in [6, 6.07) is 7.47. The number of nitrogens with two attached hydrogens (primary N) is 1. The van der Waals surface area contributed by atoms with E-state index in [0.29, 0.717) is 5.88 Å². The van der Waals surface area contributed by atoms with E-state index in [4.69, 9.17) is 10.3 Å². The Balaban J connectivity index is 2.36. The minimum atomic E-state index is -0.459. The molecular weight excluding hydrogens is 192 g/mol. The van der Waals surface area contributed by atoms with Gasteiger partial charge in [-0.05, 0) is 18.1 Å². The Hall–Kier alpha value is -1.81. The van der Waals surface area contributed by atoms with E-state index in [1.807, 2.05) is 24.3 Å². The third-order valence-electron chi connectivity index (χ3n) is 2.30. The molecule has 1 aromatic heterocycles. The summed E-state index contributed by atoms with van der Waals surface area (Å²) in [5, 5.41) is 13.0. The quantitative estimate of drug-likeness (QED) is 0.784. The Bertz CT molecular complexity index is 446. The number of hydrogen-bond donors (Lipinski definition) is 2. The van der Waals surface area contributed by atoms with Crippen LogP contribution in [-0.4, -0.2) is 10.3 Å². The molecule has 0 aliphatic rings. The van der Waals surface area contributed by atoms with Gasteiger partial charge in [0.25, 0.3) is 0 Å². The van der Waals surface area contributed by atoms with Crippen LogP contribution in [0.25, 0.3) is 11.1 Å². The van der Waals surface area contributed by atoms with Crippen molar-refractivity contribution < 1.29 is 9.63 Å². The highest BCUT2D eigenvalue weighted by Gasteiger charge is 2.07. The summed E-state index contributed by atoms with van der Waals surface area (Å²) < 4.78 is 4.77. The molecule has 0 fully saturated rings. The first-order chi connectivity index (χ1) is 7.18. The van der Waals surface area contributed by atoms with E-state index in [9.17, 15) is 5.11 Å². The summed E-state index contributed by atoms with van der Waals surface area (Å²) in [7, 11) is 0. The fraction of sp³-hybridized carbons (Fsp3) is 0.182. The molecule has 0 spiro atoms. The number of benzene rings is 1. The van der Waals surface area contributed by atoms with E-state index in [1.54, 1.807) is 13.1 Å². The van der Waals surface area contributed by atoms with Gasteiger partial charge in [0.2, 0.25) is 5.88 Å². The van der Waals surface area contributed by atoms with E-state index in [1.165, 1.54) is 0 Å². The van der Waals surface area contributed by atoms with Gasteiger partial charge in [0.05, 0.1) is 17.9 Å². The molecule has 2 rings (SSSR count). The van der Waals surface area contributed by atoms with Crippen LogP contribution in [0.15, 0.2) is 35.0 Å². The molecule has 1 atom stereocenters. The summed E-state index contributed by atoms with van der Waals surface area (Å²) >= 11 is 0.